The molecule has 0 aromatic heterocycles. The van der Waals surface area contributed by atoms with Crippen molar-refractivity contribution in [1.29, 1.82) is 0 Å². The van der Waals surface area contributed by atoms with Crippen LogP contribution in [0, 0.1) is 11.8 Å². The van der Waals surface area contributed by atoms with Crippen LogP contribution in [0.4, 0.5) is 0 Å². The highest BCUT2D eigenvalue weighted by Crippen LogP contribution is 2.30. The molecule has 1 aromatic rings. The molecule has 1 aliphatic heterocycles. The molecule has 6 nitrogen and oxygen atoms in total. The molecule has 0 bridgehead atoms. The zero-order valence-electron chi connectivity index (χ0n) is 13.7. The maximum Gasteiger partial charge on any atom is 0.326 e. The number of carbonyl (C=O) groups is 2. The minimum Gasteiger partial charge on any atom is -0.497 e. The molecule has 2 rings (SSSR count). The van der Waals surface area contributed by atoms with Crippen molar-refractivity contribution in [3.05, 3.63) is 23.8 Å². The van der Waals surface area contributed by atoms with Gasteiger partial charge in [0.05, 0.1) is 13.0 Å². The van der Waals surface area contributed by atoms with Crippen molar-refractivity contribution in [3.8, 4) is 11.5 Å². The summed E-state index contributed by atoms with van der Waals surface area (Å²) in [5.74, 6) is -0.380. The van der Waals surface area contributed by atoms with E-state index in [2.05, 4.69) is 5.32 Å². The topological polar surface area (TPSA) is 84.9 Å². The first-order valence-electron chi connectivity index (χ1n) is 7.79. The van der Waals surface area contributed by atoms with Gasteiger partial charge < -0.3 is 19.9 Å². The molecular weight excluding hydrogens is 298 g/mol. The average molecular weight is 321 g/mol. The first kappa shape index (κ1) is 17.1. The van der Waals surface area contributed by atoms with Crippen LogP contribution in [-0.4, -0.2) is 36.7 Å². The molecule has 126 valence electrons. The van der Waals surface area contributed by atoms with Gasteiger partial charge in [0.25, 0.3) is 0 Å². The molecule has 2 N–H and O–H groups in total. The van der Waals surface area contributed by atoms with Crippen LogP contribution in [0.2, 0.25) is 0 Å². The Morgan fingerprint density at radius 1 is 1.48 bits per heavy atom. The number of aliphatic carboxylic acids is 1. The van der Waals surface area contributed by atoms with Crippen LogP contribution >= 0.6 is 0 Å². The Kier molecular flexibility index (Phi) is 5.47. The van der Waals surface area contributed by atoms with E-state index in [9.17, 15) is 14.7 Å². The fraction of sp³-hybridized carbons (Fsp3) is 0.529. The summed E-state index contributed by atoms with van der Waals surface area (Å²) in [7, 11) is 1.58. The molecule has 0 aliphatic carbocycles. The number of carbonyl (C=O) groups excluding carboxylic acids is 1. The van der Waals surface area contributed by atoms with Crippen molar-refractivity contribution in [1.82, 2.24) is 5.32 Å². The summed E-state index contributed by atoms with van der Waals surface area (Å²) in [6.07, 6.45) is 1.18. The van der Waals surface area contributed by atoms with E-state index in [0.717, 1.165) is 11.3 Å². The van der Waals surface area contributed by atoms with E-state index >= 15 is 0 Å². The summed E-state index contributed by atoms with van der Waals surface area (Å²) in [5.41, 5.74) is 0.895. The summed E-state index contributed by atoms with van der Waals surface area (Å²) in [6, 6.07) is 4.60. The van der Waals surface area contributed by atoms with Crippen LogP contribution in [0.1, 0.15) is 25.8 Å². The molecule has 0 fully saturated rings. The lowest BCUT2D eigenvalue weighted by Crippen LogP contribution is -2.49. The van der Waals surface area contributed by atoms with E-state index in [4.69, 9.17) is 9.47 Å². The number of amides is 1. The molecule has 0 radical (unpaired) electrons. The zero-order valence-corrected chi connectivity index (χ0v) is 13.7. The van der Waals surface area contributed by atoms with Gasteiger partial charge in [-0.2, -0.15) is 0 Å². The van der Waals surface area contributed by atoms with Gasteiger partial charge in [0, 0.05) is 0 Å². The second-order valence-electron chi connectivity index (χ2n) is 5.90. The van der Waals surface area contributed by atoms with Crippen molar-refractivity contribution < 1.29 is 24.2 Å². The molecule has 1 aromatic carbocycles. The number of ether oxygens (including phenoxy) is 2. The highest BCUT2D eigenvalue weighted by atomic mass is 16.5. The quantitative estimate of drug-likeness (QED) is 0.835. The third kappa shape index (κ3) is 3.94. The molecule has 3 unspecified atom stereocenters. The minimum absolute atomic E-state index is 0.131. The van der Waals surface area contributed by atoms with E-state index in [1.54, 1.807) is 7.11 Å². The average Bonchev–Trinajstić information content (AvgIpc) is 2.57. The van der Waals surface area contributed by atoms with Gasteiger partial charge >= 0.3 is 5.97 Å². The van der Waals surface area contributed by atoms with E-state index in [0.29, 0.717) is 18.6 Å². The molecule has 1 aliphatic rings. The predicted molar refractivity (Wildman–Crippen MR) is 84.7 cm³/mol. The Balaban J connectivity index is 2.07. The number of rotatable bonds is 6. The highest BCUT2D eigenvalue weighted by molar-refractivity contribution is 5.85. The standard InChI is InChI=1S/C17H23NO5/c1-4-10(2)15(17(20)21)18-16(19)12-7-11-8-13(22-3)5-6-14(11)23-9-12/h5-6,8,10,12,15H,4,7,9H2,1-3H3,(H,18,19)(H,20,21). The lowest BCUT2D eigenvalue weighted by molar-refractivity contribution is -0.144. The van der Waals surface area contributed by atoms with Gasteiger partial charge in [-0.25, -0.2) is 4.79 Å². The number of carboxylic acids is 1. The van der Waals surface area contributed by atoms with Crippen LogP contribution in [0.3, 0.4) is 0 Å². The van der Waals surface area contributed by atoms with Crippen LogP contribution in [0.15, 0.2) is 18.2 Å². The summed E-state index contributed by atoms with van der Waals surface area (Å²) >= 11 is 0. The number of benzene rings is 1. The number of methoxy groups -OCH3 is 1. The molecule has 1 heterocycles. The Labute approximate surface area is 135 Å². The number of hydrogen-bond acceptors (Lipinski definition) is 4. The van der Waals surface area contributed by atoms with Gasteiger partial charge in [-0.15, -0.1) is 0 Å². The number of fused-ring (bicyclic) bond motifs is 1. The van der Waals surface area contributed by atoms with Crippen molar-refractivity contribution in [3.63, 3.8) is 0 Å². The maximum absolute atomic E-state index is 12.4. The van der Waals surface area contributed by atoms with E-state index in [1.807, 2.05) is 32.0 Å². The Bertz CT molecular complexity index is 586. The molecule has 6 heteroatoms. The summed E-state index contributed by atoms with van der Waals surface area (Å²) in [4.78, 5) is 23.7. The SMILES string of the molecule is CCC(C)C(NC(=O)C1COc2ccc(OC)cc2C1)C(=O)O. The summed E-state index contributed by atoms with van der Waals surface area (Å²) in [6.45, 7) is 3.97. The smallest absolute Gasteiger partial charge is 0.326 e. The van der Waals surface area contributed by atoms with Crippen LogP contribution < -0.4 is 14.8 Å². The van der Waals surface area contributed by atoms with Gasteiger partial charge in [-0.1, -0.05) is 20.3 Å². The van der Waals surface area contributed by atoms with Crippen LogP contribution in [-0.2, 0) is 16.0 Å². The maximum atomic E-state index is 12.4. The minimum atomic E-state index is -1.01. The number of hydrogen-bond donors (Lipinski definition) is 2. The summed E-state index contributed by atoms with van der Waals surface area (Å²) in [5, 5.41) is 11.9. The van der Waals surface area contributed by atoms with Crippen molar-refractivity contribution >= 4 is 11.9 Å². The van der Waals surface area contributed by atoms with Crippen molar-refractivity contribution in [2.75, 3.05) is 13.7 Å². The molecular formula is C17H23NO5. The Morgan fingerprint density at radius 3 is 2.83 bits per heavy atom. The normalized spacial score (nSPS) is 19.0. The van der Waals surface area contributed by atoms with Crippen LogP contribution in [0.5, 0.6) is 11.5 Å². The van der Waals surface area contributed by atoms with Gasteiger partial charge in [0.2, 0.25) is 5.91 Å². The van der Waals surface area contributed by atoms with Gasteiger partial charge in [0.15, 0.2) is 0 Å². The fourth-order valence-electron chi connectivity index (χ4n) is 2.62. The number of carboxylic acid groups (broad SMARTS) is 1. The highest BCUT2D eigenvalue weighted by Gasteiger charge is 2.31. The van der Waals surface area contributed by atoms with Gasteiger partial charge in [-0.3, -0.25) is 4.79 Å². The second kappa shape index (κ2) is 7.35. The molecule has 0 saturated heterocycles. The summed E-state index contributed by atoms with van der Waals surface area (Å²) < 4.78 is 10.8. The first-order chi connectivity index (χ1) is 11.0. The second-order valence-corrected chi connectivity index (χ2v) is 5.90. The Hall–Kier alpha value is -2.24. The van der Waals surface area contributed by atoms with Crippen molar-refractivity contribution in [2.45, 2.75) is 32.7 Å². The number of nitrogens with one attached hydrogen (secondary N) is 1. The third-order valence-corrected chi connectivity index (χ3v) is 4.32. The fourth-order valence-corrected chi connectivity index (χ4v) is 2.62. The molecule has 0 spiro atoms. The molecule has 1 amide bonds. The molecule has 23 heavy (non-hydrogen) atoms. The van der Waals surface area contributed by atoms with E-state index < -0.39 is 17.9 Å². The first-order valence-corrected chi connectivity index (χ1v) is 7.79. The lowest BCUT2D eigenvalue weighted by atomic mass is 9.94. The zero-order chi connectivity index (χ0) is 17.0. The molecule has 3 atom stereocenters. The van der Waals surface area contributed by atoms with Gasteiger partial charge in [0.1, 0.15) is 24.1 Å². The van der Waals surface area contributed by atoms with Gasteiger partial charge in [-0.05, 0) is 36.1 Å². The predicted octanol–water partition coefficient (Wildman–Crippen LogP) is 1.86. The lowest BCUT2D eigenvalue weighted by Gasteiger charge is -2.27. The largest absolute Gasteiger partial charge is 0.497 e. The van der Waals surface area contributed by atoms with E-state index in [-0.39, 0.29) is 18.4 Å². The monoisotopic (exact) mass is 321 g/mol. The van der Waals surface area contributed by atoms with Crippen LogP contribution in [0.25, 0.3) is 0 Å². The van der Waals surface area contributed by atoms with Crippen molar-refractivity contribution in [2.24, 2.45) is 11.8 Å². The molecule has 0 saturated carbocycles. The van der Waals surface area contributed by atoms with E-state index in [1.165, 1.54) is 0 Å². The Morgan fingerprint density at radius 2 is 2.22 bits per heavy atom. The third-order valence-electron chi connectivity index (χ3n) is 4.32.